The zero-order valence-electron chi connectivity index (χ0n) is 10.5. The minimum atomic E-state index is -1.14. The maximum atomic E-state index is 11.9. The zero-order valence-corrected chi connectivity index (χ0v) is 11.4. The van der Waals surface area contributed by atoms with Crippen LogP contribution < -0.4 is 10.6 Å². The standard InChI is InChI=1S/C11H14N4O4S/c16-8-6-15(7(5-14-8)10(17)18)11(19)13-2-1-9-12-3-4-20-9/h3-4,7H,1-2,5-6H2,(H,13,19)(H,14,16)(H,17,18). The van der Waals surface area contributed by atoms with E-state index in [1.807, 2.05) is 5.38 Å². The first kappa shape index (κ1) is 14.3. The largest absolute Gasteiger partial charge is 0.480 e. The van der Waals surface area contributed by atoms with E-state index >= 15 is 0 Å². The van der Waals surface area contributed by atoms with Crippen molar-refractivity contribution in [2.24, 2.45) is 0 Å². The van der Waals surface area contributed by atoms with Gasteiger partial charge in [0.15, 0.2) is 0 Å². The van der Waals surface area contributed by atoms with Gasteiger partial charge in [-0.1, -0.05) is 0 Å². The first-order chi connectivity index (χ1) is 9.58. The second kappa shape index (κ2) is 6.33. The highest BCUT2D eigenvalue weighted by Gasteiger charge is 2.34. The molecule has 108 valence electrons. The molecule has 1 aliphatic heterocycles. The van der Waals surface area contributed by atoms with E-state index in [1.165, 1.54) is 11.3 Å². The maximum absolute atomic E-state index is 11.9. The number of thiazole rings is 1. The van der Waals surface area contributed by atoms with Crippen LogP contribution >= 0.6 is 11.3 Å². The normalized spacial score (nSPS) is 18.5. The lowest BCUT2D eigenvalue weighted by atomic mass is 10.2. The van der Waals surface area contributed by atoms with Crippen LogP contribution in [0.2, 0.25) is 0 Å². The quantitative estimate of drug-likeness (QED) is 0.679. The molecule has 1 aromatic heterocycles. The van der Waals surface area contributed by atoms with Crippen molar-refractivity contribution < 1.29 is 19.5 Å². The summed E-state index contributed by atoms with van der Waals surface area (Å²) >= 11 is 1.48. The van der Waals surface area contributed by atoms with Crippen molar-refractivity contribution in [1.82, 2.24) is 20.5 Å². The fraction of sp³-hybridized carbons (Fsp3) is 0.455. The van der Waals surface area contributed by atoms with Crippen LogP contribution in [0.25, 0.3) is 0 Å². The molecule has 0 bridgehead atoms. The summed E-state index contributed by atoms with van der Waals surface area (Å²) < 4.78 is 0. The van der Waals surface area contributed by atoms with E-state index in [1.54, 1.807) is 6.20 Å². The Hall–Kier alpha value is -2.16. The molecule has 2 rings (SSSR count). The summed E-state index contributed by atoms with van der Waals surface area (Å²) in [6.45, 7) is 0.0188. The van der Waals surface area contributed by atoms with Crippen LogP contribution in [0.5, 0.6) is 0 Å². The number of aromatic nitrogens is 1. The van der Waals surface area contributed by atoms with Gasteiger partial charge in [0.1, 0.15) is 12.6 Å². The minimum absolute atomic E-state index is 0.0753. The van der Waals surface area contributed by atoms with Crippen LogP contribution in [0, 0.1) is 0 Å². The van der Waals surface area contributed by atoms with E-state index in [0.29, 0.717) is 13.0 Å². The number of hydrogen-bond donors (Lipinski definition) is 3. The van der Waals surface area contributed by atoms with Crippen molar-refractivity contribution in [2.75, 3.05) is 19.6 Å². The third-order valence-electron chi connectivity index (χ3n) is 2.83. The van der Waals surface area contributed by atoms with E-state index in [4.69, 9.17) is 5.11 Å². The van der Waals surface area contributed by atoms with Crippen LogP contribution in [0.15, 0.2) is 11.6 Å². The van der Waals surface area contributed by atoms with Crippen molar-refractivity contribution in [1.29, 1.82) is 0 Å². The highest BCUT2D eigenvalue weighted by atomic mass is 32.1. The van der Waals surface area contributed by atoms with Crippen LogP contribution in [0.1, 0.15) is 5.01 Å². The summed E-state index contributed by atoms with van der Waals surface area (Å²) in [5.74, 6) is -1.50. The Kier molecular flexibility index (Phi) is 4.51. The number of rotatable bonds is 4. The SMILES string of the molecule is O=C1CN(C(=O)NCCc2nccs2)C(C(=O)O)CN1. The Morgan fingerprint density at radius 1 is 1.60 bits per heavy atom. The van der Waals surface area contributed by atoms with Crippen molar-refractivity contribution >= 4 is 29.2 Å². The lowest BCUT2D eigenvalue weighted by molar-refractivity contribution is -0.144. The van der Waals surface area contributed by atoms with Gasteiger partial charge in [0.05, 0.1) is 5.01 Å². The molecule has 0 aliphatic carbocycles. The number of amides is 3. The number of carboxylic acid groups (broad SMARTS) is 1. The Morgan fingerprint density at radius 3 is 3.05 bits per heavy atom. The van der Waals surface area contributed by atoms with Crippen molar-refractivity contribution in [2.45, 2.75) is 12.5 Å². The molecule has 3 N–H and O–H groups in total. The molecule has 1 aromatic rings. The molecule has 1 unspecified atom stereocenters. The number of nitrogens with one attached hydrogen (secondary N) is 2. The molecule has 1 aliphatic rings. The number of carbonyl (C=O) groups excluding carboxylic acids is 2. The Balaban J connectivity index is 1.88. The van der Waals surface area contributed by atoms with Gasteiger partial charge in [-0.25, -0.2) is 14.6 Å². The van der Waals surface area contributed by atoms with E-state index < -0.39 is 18.0 Å². The Morgan fingerprint density at radius 2 is 2.40 bits per heavy atom. The molecule has 1 atom stereocenters. The molecule has 9 heteroatoms. The lowest BCUT2D eigenvalue weighted by Crippen LogP contribution is -2.61. The molecule has 1 saturated heterocycles. The molecule has 0 radical (unpaired) electrons. The van der Waals surface area contributed by atoms with Gasteiger partial charge in [-0.3, -0.25) is 9.69 Å². The monoisotopic (exact) mass is 298 g/mol. The highest BCUT2D eigenvalue weighted by Crippen LogP contribution is 2.06. The van der Waals surface area contributed by atoms with Gasteiger partial charge in [-0.05, 0) is 0 Å². The molecular formula is C11H14N4O4S. The number of aliphatic carboxylic acids is 1. The smallest absolute Gasteiger partial charge is 0.328 e. The second-order valence-electron chi connectivity index (χ2n) is 4.19. The summed E-state index contributed by atoms with van der Waals surface area (Å²) in [4.78, 5) is 39.4. The van der Waals surface area contributed by atoms with Crippen molar-refractivity contribution in [3.63, 3.8) is 0 Å². The van der Waals surface area contributed by atoms with Gasteiger partial charge in [-0.15, -0.1) is 11.3 Å². The molecule has 3 amide bonds. The van der Waals surface area contributed by atoms with Crippen molar-refractivity contribution in [3.8, 4) is 0 Å². The maximum Gasteiger partial charge on any atom is 0.328 e. The van der Waals surface area contributed by atoms with Crippen molar-refractivity contribution in [3.05, 3.63) is 16.6 Å². The lowest BCUT2D eigenvalue weighted by Gasteiger charge is -2.32. The zero-order chi connectivity index (χ0) is 14.5. The third-order valence-corrected chi connectivity index (χ3v) is 3.67. The molecular weight excluding hydrogens is 284 g/mol. The van der Waals surface area contributed by atoms with E-state index in [-0.39, 0.29) is 19.0 Å². The molecule has 2 heterocycles. The van der Waals surface area contributed by atoms with Crippen LogP contribution in [-0.2, 0) is 16.0 Å². The number of hydrogen-bond acceptors (Lipinski definition) is 5. The number of carboxylic acids is 1. The first-order valence-corrected chi connectivity index (χ1v) is 6.88. The molecule has 20 heavy (non-hydrogen) atoms. The molecule has 0 spiro atoms. The highest BCUT2D eigenvalue weighted by molar-refractivity contribution is 7.09. The number of urea groups is 1. The summed E-state index contributed by atoms with van der Waals surface area (Å²) in [5, 5.41) is 16.8. The van der Waals surface area contributed by atoms with Gasteiger partial charge in [0.25, 0.3) is 0 Å². The van der Waals surface area contributed by atoms with Crippen LogP contribution in [-0.4, -0.2) is 58.6 Å². The molecule has 8 nitrogen and oxygen atoms in total. The van der Waals surface area contributed by atoms with E-state index in [2.05, 4.69) is 15.6 Å². The van der Waals surface area contributed by atoms with Gasteiger partial charge >= 0.3 is 12.0 Å². The summed E-state index contributed by atoms with van der Waals surface area (Å²) in [7, 11) is 0. The van der Waals surface area contributed by atoms with Gasteiger partial charge < -0.3 is 15.7 Å². The second-order valence-corrected chi connectivity index (χ2v) is 5.17. The number of carbonyl (C=O) groups is 3. The predicted octanol–water partition coefficient (Wildman–Crippen LogP) is -0.720. The van der Waals surface area contributed by atoms with E-state index in [9.17, 15) is 14.4 Å². The van der Waals surface area contributed by atoms with Crippen LogP contribution in [0.3, 0.4) is 0 Å². The Bertz CT molecular complexity index is 505. The summed E-state index contributed by atoms with van der Waals surface area (Å²) in [5.41, 5.74) is 0. The van der Waals surface area contributed by atoms with Crippen LogP contribution in [0.4, 0.5) is 4.79 Å². The summed E-state index contributed by atoms with van der Waals surface area (Å²) in [6.07, 6.45) is 2.25. The molecule has 0 saturated carbocycles. The average molecular weight is 298 g/mol. The first-order valence-electron chi connectivity index (χ1n) is 6.00. The third kappa shape index (κ3) is 3.44. The molecule has 0 aromatic carbocycles. The fourth-order valence-corrected chi connectivity index (χ4v) is 2.45. The van der Waals surface area contributed by atoms with E-state index in [0.717, 1.165) is 9.91 Å². The van der Waals surface area contributed by atoms with Gasteiger partial charge in [0.2, 0.25) is 5.91 Å². The van der Waals surface area contributed by atoms with Gasteiger partial charge in [-0.2, -0.15) is 0 Å². The van der Waals surface area contributed by atoms with Gasteiger partial charge in [0, 0.05) is 31.1 Å². The molecule has 1 fully saturated rings. The Labute approximate surface area is 118 Å². The number of piperazine rings is 1. The predicted molar refractivity (Wildman–Crippen MR) is 70.4 cm³/mol. The minimum Gasteiger partial charge on any atom is -0.480 e. The summed E-state index contributed by atoms with van der Waals surface area (Å²) in [6, 6.07) is -1.59. The average Bonchev–Trinajstić information content (AvgIpc) is 2.91. The topological polar surface area (TPSA) is 112 Å². The number of nitrogens with zero attached hydrogens (tertiary/aromatic N) is 2. The fourth-order valence-electron chi connectivity index (χ4n) is 1.83.